The highest BCUT2D eigenvalue weighted by Gasteiger charge is 2.20. The summed E-state index contributed by atoms with van der Waals surface area (Å²) in [6.45, 7) is 4.67. The van der Waals surface area contributed by atoms with Crippen LogP contribution in [0.1, 0.15) is 29.2 Å². The predicted molar refractivity (Wildman–Crippen MR) is 83.1 cm³/mol. The smallest absolute Gasteiger partial charge is 0.273 e. The maximum absolute atomic E-state index is 12.6. The van der Waals surface area contributed by atoms with Crippen LogP contribution in [0.2, 0.25) is 0 Å². The molecule has 0 unspecified atom stereocenters. The number of hydrogen-bond acceptors (Lipinski definition) is 4. The third-order valence-electron chi connectivity index (χ3n) is 3.01. The molecule has 0 aromatic carbocycles. The van der Waals surface area contributed by atoms with Crippen LogP contribution in [-0.4, -0.2) is 28.9 Å². The molecule has 0 aliphatic heterocycles. The summed E-state index contributed by atoms with van der Waals surface area (Å²) >= 11 is 1.66. The molecule has 2 rings (SSSR count). The number of nitrogens with one attached hydrogen (secondary N) is 1. The van der Waals surface area contributed by atoms with Gasteiger partial charge in [-0.05, 0) is 37.4 Å². The summed E-state index contributed by atoms with van der Waals surface area (Å²) < 4.78 is 0. The largest absolute Gasteiger partial charge is 0.373 e. The van der Waals surface area contributed by atoms with Crippen LogP contribution in [0.5, 0.6) is 0 Å². The van der Waals surface area contributed by atoms with E-state index in [4.69, 9.17) is 0 Å². The number of rotatable bonds is 5. The lowest BCUT2D eigenvalue weighted by molar-refractivity contribution is 0.0686. The van der Waals surface area contributed by atoms with Crippen molar-refractivity contribution in [2.75, 3.05) is 12.4 Å². The van der Waals surface area contributed by atoms with Gasteiger partial charge in [0.1, 0.15) is 11.5 Å². The molecule has 5 heteroatoms. The van der Waals surface area contributed by atoms with Gasteiger partial charge in [-0.2, -0.15) is 0 Å². The van der Waals surface area contributed by atoms with E-state index in [1.807, 2.05) is 48.4 Å². The molecule has 0 saturated carbocycles. The Morgan fingerprint density at radius 1 is 1.35 bits per heavy atom. The van der Waals surface area contributed by atoms with Gasteiger partial charge in [0.25, 0.3) is 5.91 Å². The Hall–Kier alpha value is -1.88. The Labute approximate surface area is 123 Å². The van der Waals surface area contributed by atoms with Crippen LogP contribution in [0.25, 0.3) is 0 Å². The van der Waals surface area contributed by atoms with Crippen molar-refractivity contribution in [3.63, 3.8) is 0 Å². The lowest BCUT2D eigenvalue weighted by Crippen LogP contribution is -2.36. The van der Waals surface area contributed by atoms with E-state index in [0.717, 1.165) is 0 Å². The van der Waals surface area contributed by atoms with Crippen LogP contribution >= 0.6 is 11.3 Å². The summed E-state index contributed by atoms with van der Waals surface area (Å²) in [7, 11) is 1.79. The summed E-state index contributed by atoms with van der Waals surface area (Å²) in [5, 5.41) is 4.98. The molecule has 0 saturated heterocycles. The summed E-state index contributed by atoms with van der Waals surface area (Å²) in [5.41, 5.74) is 0.474. The Balaban J connectivity index is 2.22. The molecule has 1 amide bonds. The maximum atomic E-state index is 12.6. The highest BCUT2D eigenvalue weighted by atomic mass is 32.1. The first kappa shape index (κ1) is 14.5. The Morgan fingerprint density at radius 2 is 2.15 bits per heavy atom. The molecule has 0 fully saturated rings. The molecule has 0 atom stereocenters. The number of pyridine rings is 1. The van der Waals surface area contributed by atoms with E-state index in [1.165, 1.54) is 4.88 Å². The van der Waals surface area contributed by atoms with E-state index in [1.54, 1.807) is 24.5 Å². The van der Waals surface area contributed by atoms with Crippen molar-refractivity contribution in [2.24, 2.45) is 0 Å². The monoisotopic (exact) mass is 289 g/mol. The zero-order valence-corrected chi connectivity index (χ0v) is 12.8. The number of thiophene rings is 1. The lowest BCUT2D eigenvalue weighted by Gasteiger charge is -2.26. The first-order valence-electron chi connectivity index (χ1n) is 6.60. The molecule has 0 spiro atoms. The second-order valence-corrected chi connectivity index (χ2v) is 5.80. The number of anilines is 1. The number of amides is 1. The summed E-state index contributed by atoms with van der Waals surface area (Å²) in [5.74, 6) is 0.668. The molecule has 0 aliphatic carbocycles. The fraction of sp³-hybridized carbons (Fsp3) is 0.333. The minimum atomic E-state index is -0.0366. The normalized spacial score (nSPS) is 10.6. The number of carbonyl (C=O) groups excluding carboxylic acids is 1. The molecule has 0 radical (unpaired) electrons. The fourth-order valence-corrected chi connectivity index (χ4v) is 2.60. The van der Waals surface area contributed by atoms with Gasteiger partial charge in [-0.15, -0.1) is 11.3 Å². The summed E-state index contributed by atoms with van der Waals surface area (Å²) in [4.78, 5) is 20.0. The van der Waals surface area contributed by atoms with Crippen molar-refractivity contribution in [1.82, 2.24) is 9.88 Å². The number of nitrogens with zero attached hydrogens (tertiary/aromatic N) is 2. The van der Waals surface area contributed by atoms with Gasteiger partial charge in [0, 0.05) is 18.0 Å². The molecule has 106 valence electrons. The van der Waals surface area contributed by atoms with Gasteiger partial charge in [0.05, 0.1) is 6.54 Å². The van der Waals surface area contributed by atoms with Crippen molar-refractivity contribution in [2.45, 2.75) is 26.4 Å². The highest BCUT2D eigenvalue weighted by Crippen LogP contribution is 2.16. The van der Waals surface area contributed by atoms with Crippen molar-refractivity contribution in [3.05, 3.63) is 46.3 Å². The van der Waals surface area contributed by atoms with Crippen molar-refractivity contribution < 1.29 is 4.79 Å². The molecular weight excluding hydrogens is 270 g/mol. The number of aromatic nitrogens is 1. The fourth-order valence-electron chi connectivity index (χ4n) is 1.90. The molecule has 2 aromatic heterocycles. The van der Waals surface area contributed by atoms with Gasteiger partial charge in [-0.25, -0.2) is 4.98 Å². The topological polar surface area (TPSA) is 45.2 Å². The zero-order valence-electron chi connectivity index (χ0n) is 12.0. The van der Waals surface area contributed by atoms with Gasteiger partial charge in [0.2, 0.25) is 0 Å². The van der Waals surface area contributed by atoms with Crippen LogP contribution in [0.3, 0.4) is 0 Å². The number of hydrogen-bond donors (Lipinski definition) is 1. The summed E-state index contributed by atoms with van der Waals surface area (Å²) in [6.07, 6.45) is 0. The minimum absolute atomic E-state index is 0.0366. The van der Waals surface area contributed by atoms with Crippen LogP contribution in [-0.2, 0) is 6.54 Å². The van der Waals surface area contributed by atoms with E-state index in [0.29, 0.717) is 18.1 Å². The second-order valence-electron chi connectivity index (χ2n) is 4.76. The Bertz CT molecular complexity index is 566. The lowest BCUT2D eigenvalue weighted by atomic mass is 10.2. The Morgan fingerprint density at radius 3 is 2.75 bits per heavy atom. The molecule has 4 nitrogen and oxygen atoms in total. The first-order chi connectivity index (χ1) is 9.61. The van der Waals surface area contributed by atoms with Crippen molar-refractivity contribution >= 4 is 23.1 Å². The highest BCUT2D eigenvalue weighted by molar-refractivity contribution is 7.09. The van der Waals surface area contributed by atoms with Crippen LogP contribution in [0, 0.1) is 0 Å². The molecule has 0 aliphatic rings. The average molecular weight is 289 g/mol. The first-order valence-corrected chi connectivity index (χ1v) is 7.48. The zero-order chi connectivity index (χ0) is 14.5. The van der Waals surface area contributed by atoms with E-state index in [2.05, 4.69) is 10.3 Å². The minimum Gasteiger partial charge on any atom is -0.373 e. The van der Waals surface area contributed by atoms with E-state index in [-0.39, 0.29) is 11.9 Å². The van der Waals surface area contributed by atoms with Crippen LogP contribution < -0.4 is 5.32 Å². The predicted octanol–water partition coefficient (Wildman–Crippen LogP) is 3.24. The van der Waals surface area contributed by atoms with E-state index >= 15 is 0 Å². The van der Waals surface area contributed by atoms with E-state index < -0.39 is 0 Å². The molecule has 2 aromatic rings. The third-order valence-corrected chi connectivity index (χ3v) is 3.88. The molecular formula is C15H19N3OS. The summed E-state index contributed by atoms with van der Waals surface area (Å²) in [6, 6.07) is 9.62. The SMILES string of the molecule is CNc1cccc(C(=O)N(Cc2cccs2)C(C)C)n1. The van der Waals surface area contributed by atoms with Gasteiger partial charge < -0.3 is 10.2 Å². The molecule has 2 heterocycles. The van der Waals surface area contributed by atoms with Crippen molar-refractivity contribution in [1.29, 1.82) is 0 Å². The number of carbonyl (C=O) groups is 1. The van der Waals surface area contributed by atoms with Gasteiger partial charge in [0.15, 0.2) is 0 Å². The Kier molecular flexibility index (Phi) is 4.74. The third kappa shape index (κ3) is 3.36. The molecule has 0 bridgehead atoms. The quantitative estimate of drug-likeness (QED) is 0.919. The molecule has 1 N–H and O–H groups in total. The molecule has 20 heavy (non-hydrogen) atoms. The van der Waals surface area contributed by atoms with Crippen molar-refractivity contribution in [3.8, 4) is 0 Å². The van der Waals surface area contributed by atoms with Crippen LogP contribution in [0.15, 0.2) is 35.7 Å². The van der Waals surface area contributed by atoms with Gasteiger partial charge in [-0.3, -0.25) is 4.79 Å². The van der Waals surface area contributed by atoms with Gasteiger partial charge >= 0.3 is 0 Å². The van der Waals surface area contributed by atoms with E-state index in [9.17, 15) is 4.79 Å². The maximum Gasteiger partial charge on any atom is 0.273 e. The van der Waals surface area contributed by atoms with Gasteiger partial charge in [-0.1, -0.05) is 12.1 Å². The van der Waals surface area contributed by atoms with Crippen LogP contribution in [0.4, 0.5) is 5.82 Å². The second kappa shape index (κ2) is 6.52. The average Bonchev–Trinajstić information content (AvgIpc) is 2.97. The standard InChI is InChI=1S/C15H19N3OS/c1-11(2)18(10-12-6-5-9-20-12)15(19)13-7-4-8-14(16-3)17-13/h4-9,11H,10H2,1-3H3,(H,16,17).